The monoisotopic (exact) mass is 299 g/mol. The van der Waals surface area contributed by atoms with Crippen LogP contribution in [0.3, 0.4) is 0 Å². The predicted molar refractivity (Wildman–Crippen MR) is 87.9 cm³/mol. The molecule has 2 N–H and O–H groups in total. The first-order chi connectivity index (χ1) is 9.97. The second kappa shape index (κ2) is 6.37. The highest BCUT2D eigenvalue weighted by Gasteiger charge is 2.06. The van der Waals surface area contributed by atoms with E-state index in [0.717, 1.165) is 16.8 Å². The Morgan fingerprint density at radius 3 is 2.43 bits per heavy atom. The zero-order valence-corrected chi connectivity index (χ0v) is 12.6. The van der Waals surface area contributed by atoms with Crippen molar-refractivity contribution in [2.45, 2.75) is 13.8 Å². The molecule has 0 atom stereocenters. The quantitative estimate of drug-likeness (QED) is 0.820. The lowest BCUT2D eigenvalue weighted by Gasteiger charge is -2.09. The number of rotatable bonds is 3. The molecule has 0 aliphatic rings. The average molecular weight is 299 g/mol. The molecule has 0 aliphatic heterocycles. The molecule has 4 nitrogen and oxygen atoms in total. The van der Waals surface area contributed by atoms with E-state index in [4.69, 9.17) is 0 Å². The zero-order chi connectivity index (χ0) is 15.4. The minimum absolute atomic E-state index is 0.187. The van der Waals surface area contributed by atoms with Gasteiger partial charge in [-0.15, -0.1) is 0 Å². The van der Waals surface area contributed by atoms with Gasteiger partial charge < -0.3 is 10.4 Å². The largest absolute Gasteiger partial charge is 0.507 e. The van der Waals surface area contributed by atoms with Crippen LogP contribution in [0.15, 0.2) is 41.4 Å². The summed E-state index contributed by atoms with van der Waals surface area (Å²) in [6, 6.07) is 10.6. The number of aryl methyl sites for hydroxylation is 2. The summed E-state index contributed by atoms with van der Waals surface area (Å²) in [4.78, 5) is 15.3. The summed E-state index contributed by atoms with van der Waals surface area (Å²) < 4.78 is 0. The van der Waals surface area contributed by atoms with Gasteiger partial charge in [-0.1, -0.05) is 12.1 Å². The Kier molecular flexibility index (Phi) is 4.55. The van der Waals surface area contributed by atoms with E-state index in [2.05, 4.69) is 22.9 Å². The maximum Gasteiger partial charge on any atom is 0.314 e. The fourth-order valence-electron chi connectivity index (χ4n) is 2.08. The molecule has 2 rings (SSSR count). The molecule has 0 spiro atoms. The highest BCUT2D eigenvalue weighted by Crippen LogP contribution is 2.28. The normalized spacial score (nSPS) is 10.8. The van der Waals surface area contributed by atoms with Crippen LogP contribution in [-0.4, -0.2) is 16.6 Å². The molecule has 1 radical (unpaired) electrons. The van der Waals surface area contributed by atoms with Gasteiger partial charge in [-0.2, -0.15) is 0 Å². The summed E-state index contributed by atoms with van der Waals surface area (Å²) in [7, 11) is 0. The standard InChI is InChI=1S/C16H15N2O2S/c1-10-7-13(18-16(20)21)8-11(2)15(10)17-9-12-5-3-4-6-14(12)19/h3-9,19H,1-2H3,(H,18,20). The van der Waals surface area contributed by atoms with E-state index in [9.17, 15) is 9.90 Å². The lowest BCUT2D eigenvalue weighted by Crippen LogP contribution is -2.01. The molecule has 21 heavy (non-hydrogen) atoms. The van der Waals surface area contributed by atoms with Gasteiger partial charge in [0.1, 0.15) is 5.75 Å². The number of nitrogens with one attached hydrogen (secondary N) is 1. The molecular formula is C16H15N2O2S. The van der Waals surface area contributed by atoms with E-state index in [1.54, 1.807) is 24.4 Å². The number of amides is 1. The van der Waals surface area contributed by atoms with Gasteiger partial charge in [0.05, 0.1) is 5.69 Å². The second-order valence-corrected chi connectivity index (χ2v) is 5.06. The number of phenols is 1. The number of para-hydroxylation sites is 1. The van der Waals surface area contributed by atoms with Crippen molar-refractivity contribution in [2.24, 2.45) is 4.99 Å². The molecule has 0 saturated carbocycles. The molecule has 5 heteroatoms. The van der Waals surface area contributed by atoms with E-state index < -0.39 is 5.24 Å². The molecule has 0 saturated heterocycles. The Balaban J connectivity index is 2.33. The number of hydrogen-bond acceptors (Lipinski definition) is 3. The van der Waals surface area contributed by atoms with E-state index in [1.165, 1.54) is 0 Å². The van der Waals surface area contributed by atoms with Gasteiger partial charge in [0.25, 0.3) is 0 Å². The SMILES string of the molecule is Cc1cc(NC(=O)[S])cc(C)c1N=Cc1ccccc1O. The zero-order valence-electron chi connectivity index (χ0n) is 11.8. The summed E-state index contributed by atoms with van der Waals surface area (Å²) in [6.45, 7) is 3.81. The highest BCUT2D eigenvalue weighted by atomic mass is 32.1. The van der Waals surface area contributed by atoms with Gasteiger partial charge in [0, 0.05) is 17.5 Å². The van der Waals surface area contributed by atoms with Crippen molar-refractivity contribution in [2.75, 3.05) is 5.32 Å². The molecule has 1 amide bonds. The minimum atomic E-state index is -0.515. The summed E-state index contributed by atoms with van der Waals surface area (Å²) in [6.07, 6.45) is 1.62. The number of hydrogen-bond donors (Lipinski definition) is 2. The van der Waals surface area contributed by atoms with E-state index in [0.29, 0.717) is 11.3 Å². The molecule has 2 aromatic carbocycles. The number of nitrogens with zero attached hydrogens (tertiary/aromatic N) is 1. The van der Waals surface area contributed by atoms with Gasteiger partial charge in [-0.05, 0) is 61.9 Å². The van der Waals surface area contributed by atoms with Gasteiger partial charge in [-0.25, -0.2) is 0 Å². The Hall–Kier alpha value is -2.40. The van der Waals surface area contributed by atoms with Crippen LogP contribution in [0.25, 0.3) is 0 Å². The molecule has 107 valence electrons. The molecular weight excluding hydrogens is 284 g/mol. The molecule has 0 bridgehead atoms. The van der Waals surface area contributed by atoms with Crippen molar-refractivity contribution in [3.63, 3.8) is 0 Å². The third kappa shape index (κ3) is 3.79. The maximum absolute atomic E-state index is 10.9. The van der Waals surface area contributed by atoms with E-state index >= 15 is 0 Å². The van der Waals surface area contributed by atoms with Crippen LogP contribution >= 0.6 is 12.6 Å². The third-order valence-corrected chi connectivity index (χ3v) is 3.11. The van der Waals surface area contributed by atoms with Gasteiger partial charge in [0.2, 0.25) is 0 Å². The van der Waals surface area contributed by atoms with Crippen molar-refractivity contribution in [1.82, 2.24) is 0 Å². The van der Waals surface area contributed by atoms with Crippen molar-refractivity contribution < 1.29 is 9.90 Å². The van der Waals surface area contributed by atoms with Gasteiger partial charge in [0.15, 0.2) is 0 Å². The van der Waals surface area contributed by atoms with Crippen molar-refractivity contribution in [3.8, 4) is 5.75 Å². The Labute approximate surface area is 129 Å². The van der Waals surface area contributed by atoms with Crippen LogP contribution in [0.5, 0.6) is 5.75 Å². The van der Waals surface area contributed by atoms with Crippen LogP contribution in [-0.2, 0) is 0 Å². The number of carbonyl (C=O) groups excluding carboxylic acids is 1. The van der Waals surface area contributed by atoms with Crippen molar-refractivity contribution in [1.29, 1.82) is 0 Å². The summed E-state index contributed by atoms with van der Waals surface area (Å²) in [5.74, 6) is 0.187. The van der Waals surface area contributed by atoms with Crippen molar-refractivity contribution >= 4 is 35.5 Å². The van der Waals surface area contributed by atoms with Crippen LogP contribution < -0.4 is 5.32 Å². The number of benzene rings is 2. The average Bonchev–Trinajstić information content (AvgIpc) is 2.39. The van der Waals surface area contributed by atoms with E-state index in [1.807, 2.05) is 32.0 Å². The summed E-state index contributed by atoms with van der Waals surface area (Å²) >= 11 is 4.50. The van der Waals surface area contributed by atoms with E-state index in [-0.39, 0.29) is 5.75 Å². The fourth-order valence-corrected chi connectivity index (χ4v) is 2.20. The first kappa shape index (κ1) is 15.0. The first-order valence-electron chi connectivity index (χ1n) is 6.38. The molecule has 0 unspecified atom stereocenters. The van der Waals surface area contributed by atoms with Gasteiger partial charge >= 0.3 is 5.24 Å². The van der Waals surface area contributed by atoms with Gasteiger partial charge in [-0.3, -0.25) is 9.79 Å². The van der Waals surface area contributed by atoms with Crippen LogP contribution in [0.4, 0.5) is 16.2 Å². The number of carbonyl (C=O) groups is 1. The Morgan fingerprint density at radius 1 is 1.24 bits per heavy atom. The number of aromatic hydroxyl groups is 1. The van der Waals surface area contributed by atoms with Crippen LogP contribution in [0, 0.1) is 13.8 Å². The molecule has 0 aromatic heterocycles. The lowest BCUT2D eigenvalue weighted by molar-refractivity contribution is 0.270. The summed E-state index contributed by atoms with van der Waals surface area (Å²) in [5.41, 5.74) is 3.95. The number of aliphatic imine (C=N–C) groups is 1. The topological polar surface area (TPSA) is 61.7 Å². The predicted octanol–water partition coefficient (Wildman–Crippen LogP) is 4.49. The fraction of sp³-hybridized carbons (Fsp3) is 0.125. The molecule has 2 aromatic rings. The molecule has 0 heterocycles. The second-order valence-electron chi connectivity index (χ2n) is 4.69. The number of phenolic OH excluding ortho intramolecular Hbond substituents is 1. The lowest BCUT2D eigenvalue weighted by atomic mass is 10.1. The highest BCUT2D eigenvalue weighted by molar-refractivity contribution is 7.96. The maximum atomic E-state index is 10.9. The Bertz CT molecular complexity index is 688. The third-order valence-electron chi connectivity index (χ3n) is 3.01. The van der Waals surface area contributed by atoms with Crippen LogP contribution in [0.1, 0.15) is 16.7 Å². The van der Waals surface area contributed by atoms with Crippen molar-refractivity contribution in [3.05, 3.63) is 53.1 Å². The Morgan fingerprint density at radius 2 is 1.86 bits per heavy atom. The number of anilines is 1. The van der Waals surface area contributed by atoms with Crippen LogP contribution in [0.2, 0.25) is 0 Å². The molecule has 0 aliphatic carbocycles. The molecule has 0 fully saturated rings. The summed E-state index contributed by atoms with van der Waals surface area (Å²) in [5, 5.41) is 11.8. The smallest absolute Gasteiger partial charge is 0.314 e. The minimum Gasteiger partial charge on any atom is -0.507 e. The first-order valence-corrected chi connectivity index (χ1v) is 6.79.